The number of ether oxygens (including phenoxy) is 1. The topological polar surface area (TPSA) is 49.8 Å². The lowest BCUT2D eigenvalue weighted by molar-refractivity contribution is -0.138. The van der Waals surface area contributed by atoms with Crippen molar-refractivity contribution in [1.82, 2.24) is 0 Å². The number of rotatable bonds is 4. The van der Waals surface area contributed by atoms with Crippen LogP contribution in [0.15, 0.2) is 24.3 Å². The number of carboxylic acid groups (broad SMARTS) is 1. The Labute approximate surface area is 107 Å². The highest BCUT2D eigenvalue weighted by atomic mass is 16.5. The SMILES string of the molecule is COc1ccc(N2CCC(CC(=O)O)CC2)cc1. The molecule has 0 bridgehead atoms. The molecule has 1 aliphatic heterocycles. The lowest BCUT2D eigenvalue weighted by atomic mass is 9.93. The van der Waals surface area contributed by atoms with Crippen LogP contribution in [-0.2, 0) is 4.79 Å². The van der Waals surface area contributed by atoms with Crippen molar-refractivity contribution in [1.29, 1.82) is 0 Å². The van der Waals surface area contributed by atoms with Crippen molar-refractivity contribution in [2.24, 2.45) is 5.92 Å². The molecule has 18 heavy (non-hydrogen) atoms. The number of carbonyl (C=O) groups is 1. The average molecular weight is 249 g/mol. The number of anilines is 1. The van der Waals surface area contributed by atoms with Crippen LogP contribution in [0.25, 0.3) is 0 Å². The number of piperidine rings is 1. The first-order valence-corrected chi connectivity index (χ1v) is 6.30. The Balaban J connectivity index is 1.90. The molecule has 1 N–H and O–H groups in total. The van der Waals surface area contributed by atoms with E-state index in [1.807, 2.05) is 12.1 Å². The van der Waals surface area contributed by atoms with Crippen molar-refractivity contribution >= 4 is 11.7 Å². The van der Waals surface area contributed by atoms with Crippen LogP contribution in [0, 0.1) is 5.92 Å². The number of hydrogen-bond acceptors (Lipinski definition) is 3. The van der Waals surface area contributed by atoms with Gasteiger partial charge in [-0.2, -0.15) is 0 Å². The van der Waals surface area contributed by atoms with Gasteiger partial charge in [0.1, 0.15) is 5.75 Å². The maximum absolute atomic E-state index is 10.7. The fourth-order valence-corrected chi connectivity index (χ4v) is 2.44. The number of carboxylic acids is 1. The summed E-state index contributed by atoms with van der Waals surface area (Å²) < 4.78 is 5.13. The van der Waals surface area contributed by atoms with Crippen molar-refractivity contribution in [3.05, 3.63) is 24.3 Å². The predicted octanol–water partition coefficient (Wildman–Crippen LogP) is 2.39. The number of aliphatic carboxylic acids is 1. The second kappa shape index (κ2) is 5.76. The summed E-state index contributed by atoms with van der Waals surface area (Å²) in [5.41, 5.74) is 1.18. The standard InChI is InChI=1S/C14H19NO3/c1-18-13-4-2-12(3-5-13)15-8-6-11(7-9-15)10-14(16)17/h2-5,11H,6-10H2,1H3,(H,16,17). The quantitative estimate of drug-likeness (QED) is 0.890. The average Bonchev–Trinajstić information content (AvgIpc) is 2.39. The van der Waals surface area contributed by atoms with Crippen LogP contribution in [0.5, 0.6) is 5.75 Å². The van der Waals surface area contributed by atoms with E-state index in [-0.39, 0.29) is 0 Å². The maximum Gasteiger partial charge on any atom is 0.303 e. The third kappa shape index (κ3) is 3.15. The highest BCUT2D eigenvalue weighted by Crippen LogP contribution is 2.26. The van der Waals surface area contributed by atoms with Crippen LogP contribution in [0.3, 0.4) is 0 Å². The molecule has 0 saturated carbocycles. The molecule has 0 amide bonds. The summed E-state index contributed by atoms with van der Waals surface area (Å²) >= 11 is 0. The summed E-state index contributed by atoms with van der Waals surface area (Å²) in [4.78, 5) is 13.0. The van der Waals surface area contributed by atoms with Crippen LogP contribution < -0.4 is 9.64 Å². The Morgan fingerprint density at radius 1 is 1.33 bits per heavy atom. The summed E-state index contributed by atoms with van der Waals surface area (Å²) in [5.74, 6) is 0.509. The molecule has 1 aromatic carbocycles. The van der Waals surface area contributed by atoms with Crippen molar-refractivity contribution < 1.29 is 14.6 Å². The second-order valence-corrected chi connectivity index (χ2v) is 4.73. The zero-order valence-corrected chi connectivity index (χ0v) is 10.6. The molecule has 4 heteroatoms. The van der Waals surface area contributed by atoms with Gasteiger partial charge in [0.05, 0.1) is 7.11 Å². The molecule has 0 unspecified atom stereocenters. The Morgan fingerprint density at radius 2 is 1.94 bits per heavy atom. The molecule has 4 nitrogen and oxygen atoms in total. The van der Waals surface area contributed by atoms with E-state index >= 15 is 0 Å². The Bertz CT molecular complexity index is 394. The highest BCUT2D eigenvalue weighted by molar-refractivity contribution is 5.67. The van der Waals surface area contributed by atoms with Gasteiger partial charge in [-0.1, -0.05) is 0 Å². The molecule has 1 heterocycles. The first-order valence-electron chi connectivity index (χ1n) is 6.30. The molecule has 0 radical (unpaired) electrons. The summed E-state index contributed by atoms with van der Waals surface area (Å²) in [6.45, 7) is 1.87. The van der Waals surface area contributed by atoms with Crippen molar-refractivity contribution in [2.45, 2.75) is 19.3 Å². The zero-order chi connectivity index (χ0) is 13.0. The lowest BCUT2D eigenvalue weighted by Crippen LogP contribution is -2.34. The van der Waals surface area contributed by atoms with E-state index in [4.69, 9.17) is 9.84 Å². The van der Waals surface area contributed by atoms with E-state index in [1.165, 1.54) is 5.69 Å². The third-order valence-electron chi connectivity index (χ3n) is 3.52. The van der Waals surface area contributed by atoms with Gasteiger partial charge in [0.15, 0.2) is 0 Å². The lowest BCUT2D eigenvalue weighted by Gasteiger charge is -2.33. The third-order valence-corrected chi connectivity index (χ3v) is 3.52. The van der Waals surface area contributed by atoms with Crippen LogP contribution in [0.4, 0.5) is 5.69 Å². The highest BCUT2D eigenvalue weighted by Gasteiger charge is 2.21. The van der Waals surface area contributed by atoms with E-state index in [2.05, 4.69) is 17.0 Å². The summed E-state index contributed by atoms with van der Waals surface area (Å²) in [6.07, 6.45) is 2.22. The minimum Gasteiger partial charge on any atom is -0.497 e. The molecule has 0 aliphatic carbocycles. The van der Waals surface area contributed by atoms with Crippen LogP contribution >= 0.6 is 0 Å². The second-order valence-electron chi connectivity index (χ2n) is 4.73. The van der Waals surface area contributed by atoms with Gasteiger partial charge in [-0.05, 0) is 43.0 Å². The molecule has 2 rings (SSSR count). The van der Waals surface area contributed by atoms with Crippen LogP contribution in [0.1, 0.15) is 19.3 Å². The van der Waals surface area contributed by atoms with Gasteiger partial charge in [0, 0.05) is 25.2 Å². The first-order chi connectivity index (χ1) is 8.69. The van der Waals surface area contributed by atoms with E-state index in [1.54, 1.807) is 7.11 Å². The van der Waals surface area contributed by atoms with Gasteiger partial charge in [-0.25, -0.2) is 0 Å². The van der Waals surface area contributed by atoms with Gasteiger partial charge >= 0.3 is 5.97 Å². The van der Waals surface area contributed by atoms with Gasteiger partial charge in [-0.3, -0.25) is 4.79 Å². The van der Waals surface area contributed by atoms with E-state index < -0.39 is 5.97 Å². The van der Waals surface area contributed by atoms with E-state index in [0.29, 0.717) is 12.3 Å². The fourth-order valence-electron chi connectivity index (χ4n) is 2.44. The van der Waals surface area contributed by atoms with Crippen LogP contribution in [0.2, 0.25) is 0 Å². The Kier molecular flexibility index (Phi) is 4.07. The van der Waals surface area contributed by atoms with Gasteiger partial charge in [0.2, 0.25) is 0 Å². The van der Waals surface area contributed by atoms with Gasteiger partial charge < -0.3 is 14.7 Å². The van der Waals surface area contributed by atoms with Crippen LogP contribution in [-0.4, -0.2) is 31.3 Å². The molecule has 98 valence electrons. The molecule has 1 saturated heterocycles. The summed E-state index contributed by atoms with van der Waals surface area (Å²) in [5, 5.41) is 8.78. The summed E-state index contributed by atoms with van der Waals surface area (Å²) in [6, 6.07) is 8.02. The molecular formula is C14H19NO3. The number of hydrogen-bond donors (Lipinski definition) is 1. The molecule has 1 aliphatic rings. The zero-order valence-electron chi connectivity index (χ0n) is 10.6. The van der Waals surface area contributed by atoms with E-state index in [9.17, 15) is 4.79 Å². The van der Waals surface area contributed by atoms with Crippen molar-refractivity contribution in [3.63, 3.8) is 0 Å². The van der Waals surface area contributed by atoms with Crippen molar-refractivity contribution in [3.8, 4) is 5.75 Å². The number of benzene rings is 1. The molecule has 1 fully saturated rings. The van der Waals surface area contributed by atoms with E-state index in [0.717, 1.165) is 31.7 Å². The molecule has 0 aromatic heterocycles. The Morgan fingerprint density at radius 3 is 2.44 bits per heavy atom. The number of methoxy groups -OCH3 is 1. The molecule has 0 spiro atoms. The van der Waals surface area contributed by atoms with Gasteiger partial charge in [0.25, 0.3) is 0 Å². The van der Waals surface area contributed by atoms with Crippen molar-refractivity contribution in [2.75, 3.05) is 25.1 Å². The molecular weight excluding hydrogens is 230 g/mol. The smallest absolute Gasteiger partial charge is 0.303 e. The first kappa shape index (κ1) is 12.7. The fraction of sp³-hybridized carbons (Fsp3) is 0.500. The predicted molar refractivity (Wildman–Crippen MR) is 70.2 cm³/mol. The Hall–Kier alpha value is -1.71. The number of nitrogens with zero attached hydrogens (tertiary/aromatic N) is 1. The minimum absolute atomic E-state index is 0.302. The van der Waals surface area contributed by atoms with Gasteiger partial charge in [-0.15, -0.1) is 0 Å². The molecule has 1 aromatic rings. The molecule has 0 atom stereocenters. The summed E-state index contributed by atoms with van der Waals surface area (Å²) in [7, 11) is 1.66. The monoisotopic (exact) mass is 249 g/mol. The maximum atomic E-state index is 10.7. The normalized spacial score (nSPS) is 16.6. The minimum atomic E-state index is -0.683. The largest absolute Gasteiger partial charge is 0.497 e.